The summed E-state index contributed by atoms with van der Waals surface area (Å²) < 4.78 is 46.0. The van der Waals surface area contributed by atoms with Crippen molar-refractivity contribution >= 4 is 179 Å². The molecule has 0 fully saturated rings. The van der Waals surface area contributed by atoms with Crippen molar-refractivity contribution in [3.8, 4) is 0 Å². The number of para-hydroxylation sites is 4. The van der Waals surface area contributed by atoms with Crippen molar-refractivity contribution in [2.75, 3.05) is 6.61 Å². The van der Waals surface area contributed by atoms with E-state index >= 15 is 0 Å². The average molecular weight is 1730 g/mol. The zero-order valence-corrected chi connectivity index (χ0v) is 70.9. The van der Waals surface area contributed by atoms with Crippen LogP contribution in [0, 0.1) is 12.7 Å². The molecule has 0 saturated heterocycles. The number of carbonyl (C=O) groups excluding carboxylic acids is 6. The van der Waals surface area contributed by atoms with E-state index in [4.69, 9.17) is 59.6 Å². The van der Waals surface area contributed by atoms with Gasteiger partial charge >= 0.3 is 5.97 Å². The summed E-state index contributed by atoms with van der Waals surface area (Å²) in [4.78, 5) is 106. The molecule has 0 atom stereocenters. The van der Waals surface area contributed by atoms with Crippen LogP contribution in [-0.2, 0) is 14.3 Å². The third-order valence-electron chi connectivity index (χ3n) is 16.8. The van der Waals surface area contributed by atoms with Gasteiger partial charge in [-0.05, 0) is 247 Å². The molecule has 0 spiro atoms. The van der Waals surface area contributed by atoms with Gasteiger partial charge in [-0.15, -0.1) is 0 Å². The number of ketones is 3. The van der Waals surface area contributed by atoms with Crippen molar-refractivity contribution in [3.05, 3.63) is 417 Å². The second-order valence-corrected chi connectivity index (χ2v) is 27.1. The number of benzene rings is 10. The normalized spacial score (nSPS) is 11.1. The van der Waals surface area contributed by atoms with E-state index in [9.17, 15) is 23.6 Å². The minimum atomic E-state index is -0.420. The first-order chi connectivity index (χ1) is 61.9. The molecule has 5 heterocycles. The number of aliphatic imine (C=N–C) groups is 10. The van der Waals surface area contributed by atoms with Gasteiger partial charge in [-0.3, -0.25) is 64.3 Å². The molecule has 0 aliphatic rings. The lowest BCUT2D eigenvalue weighted by atomic mass is 10.1. The van der Waals surface area contributed by atoms with Gasteiger partial charge in [0.2, 0.25) is 0 Å². The number of hydrogen-bond donors (Lipinski definition) is 0. The van der Waals surface area contributed by atoms with Crippen LogP contribution in [0.1, 0.15) is 132 Å². The molecule has 22 nitrogen and oxygen atoms in total. The Kier molecular flexibility index (Phi) is 38.2. The summed E-state index contributed by atoms with van der Waals surface area (Å²) in [6.07, 6.45) is 16.2. The fourth-order valence-corrected chi connectivity index (χ4v) is 10.9. The summed E-state index contributed by atoms with van der Waals surface area (Å²) in [5.41, 5.74) is 10.7. The Hall–Kier alpha value is -16.4. The molecule has 634 valence electrons. The van der Waals surface area contributed by atoms with Crippen molar-refractivity contribution < 1.29 is 60.0 Å². The van der Waals surface area contributed by atoms with Gasteiger partial charge in [0.1, 0.15) is 77.0 Å². The van der Waals surface area contributed by atoms with Crippen LogP contribution in [-0.4, -0.2) is 106 Å². The van der Waals surface area contributed by atoms with Crippen LogP contribution in [0.5, 0.6) is 0 Å². The third kappa shape index (κ3) is 33.2. The van der Waals surface area contributed by atoms with Gasteiger partial charge < -0.3 is 36.4 Å². The highest BCUT2D eigenvalue weighted by atomic mass is 35.5. The highest BCUT2D eigenvalue weighted by molar-refractivity contribution is 6.31. The highest BCUT2D eigenvalue weighted by Crippen LogP contribution is 2.26. The first-order valence-corrected chi connectivity index (χ1v) is 39.6. The lowest BCUT2D eigenvalue weighted by Crippen LogP contribution is -2.04. The van der Waals surface area contributed by atoms with Crippen LogP contribution in [0.4, 0.5) is 61.3 Å². The summed E-state index contributed by atoms with van der Waals surface area (Å²) in [6, 6.07) is 94.2. The monoisotopic (exact) mass is 1730 g/mol. The van der Waals surface area contributed by atoms with Gasteiger partial charge in [-0.1, -0.05) is 132 Å². The topological polar surface area (TPSA) is 301 Å². The van der Waals surface area contributed by atoms with E-state index in [1.165, 1.54) is 44.7 Å². The number of furan rings is 5. The Morgan fingerprint density at radius 3 is 0.913 bits per heavy atom. The van der Waals surface area contributed by atoms with Crippen LogP contribution in [0.3, 0.4) is 0 Å². The number of halogens is 3. The summed E-state index contributed by atoms with van der Waals surface area (Å²) in [5, 5.41) is 1.35. The second-order valence-electron chi connectivity index (χ2n) is 26.2. The van der Waals surface area contributed by atoms with E-state index in [0.29, 0.717) is 125 Å². The Balaban J connectivity index is 0.000000178. The van der Waals surface area contributed by atoms with Gasteiger partial charge in [-0.2, -0.15) is 0 Å². The molecule has 0 amide bonds. The fourth-order valence-electron chi connectivity index (χ4n) is 10.6. The van der Waals surface area contributed by atoms with E-state index in [-0.39, 0.29) is 23.2 Å². The van der Waals surface area contributed by atoms with Gasteiger partial charge in [0.05, 0.1) is 131 Å². The van der Waals surface area contributed by atoms with Crippen molar-refractivity contribution in [2.24, 2.45) is 49.9 Å². The molecular formula is C102H83Cl2FN10O12. The molecule has 0 aliphatic heterocycles. The Morgan fingerprint density at radius 1 is 0.299 bits per heavy atom. The summed E-state index contributed by atoms with van der Waals surface area (Å²) in [5.74, 6) is 5.36. The van der Waals surface area contributed by atoms with Crippen LogP contribution < -0.4 is 0 Å². The van der Waals surface area contributed by atoms with E-state index < -0.39 is 5.97 Å². The number of esters is 1. The lowest BCUT2D eigenvalue weighted by Gasteiger charge is -2.04. The standard InChI is InChI=1S/C23H20N2O4.C22H18N2O3.C19H15ClN2O.C18H13ClN2O.C18H13FN2O.2CH2O/c1-3-28-23(27)20-9-5-7-11-22(20)25-15-18-13-12-17(29-18)14-24-21-10-6-4-8-19(21)16(2)26;1-15(25)17-5-3-7-19(11-17)23-13-21-9-10-22(27-21)14-24-20-8-4-6-18(12-20)16(2)26;1-14-2-6-16(7-3-14)21-12-18-10-11-19(23-18)13-22-17-8-4-15(20)5-9-17;19-14-5-4-8-16(11-14)21-13-18-10-9-17(22-18)12-20-15-6-2-1-3-7-15;19-14-6-8-16(9-7-14)21-13-18-11-10-17(22-18)12-20-15-4-2-1-3-5-15;2*1-2/h4-15H,3H2,1-2H3;3-14H,1-2H3;2-13H,1H3;2*1-13H;2*1H2. The maximum atomic E-state index is 12.8. The van der Waals surface area contributed by atoms with E-state index in [2.05, 4.69) is 49.9 Å². The molecule has 0 saturated carbocycles. The van der Waals surface area contributed by atoms with Gasteiger partial charge in [0.15, 0.2) is 17.3 Å². The van der Waals surface area contributed by atoms with Crippen molar-refractivity contribution in [3.63, 3.8) is 0 Å². The highest BCUT2D eigenvalue weighted by Gasteiger charge is 2.13. The molecule has 5 aromatic heterocycles. The number of carbonyl (C=O) groups is 6. The van der Waals surface area contributed by atoms with Crippen molar-refractivity contribution in [1.82, 2.24) is 0 Å². The number of nitrogens with zero attached hydrogens (tertiary/aromatic N) is 10. The molecule has 0 aliphatic carbocycles. The molecule has 25 heteroatoms. The first-order valence-electron chi connectivity index (χ1n) is 38.9. The molecule has 10 aromatic carbocycles. The molecule has 15 aromatic rings. The summed E-state index contributed by atoms with van der Waals surface area (Å²) in [6.45, 7) is 12.6. The average Bonchev–Trinajstić information content (AvgIpc) is 1.74. The maximum absolute atomic E-state index is 12.8. The smallest absolute Gasteiger partial charge is 0.340 e. The number of aryl methyl sites for hydroxylation is 1. The third-order valence-corrected chi connectivity index (χ3v) is 17.3. The number of hydrogen-bond acceptors (Lipinski definition) is 22. The van der Waals surface area contributed by atoms with E-state index in [1.54, 1.807) is 202 Å². The Bertz CT molecular complexity index is 6230. The van der Waals surface area contributed by atoms with Crippen LogP contribution in [0.15, 0.2) is 387 Å². The van der Waals surface area contributed by atoms with Gasteiger partial charge in [0, 0.05) is 26.7 Å². The summed E-state index contributed by atoms with van der Waals surface area (Å²) >= 11 is 11.8. The number of ether oxygens (including phenoxy) is 1. The Labute approximate surface area is 742 Å². The summed E-state index contributed by atoms with van der Waals surface area (Å²) in [7, 11) is 0. The SMILES string of the molecule is C=O.C=O.CC(=O)c1cccc(N=Cc2ccc(C=Nc3cccc(C(C)=O)c3)o2)c1.CCOC(=O)c1ccccc1N=Cc1ccc(C=Nc2ccccc2C(C)=O)o1.Cc1ccc(N=Cc2ccc(C=Nc3ccc(Cl)cc3)o2)cc1.Clc1cccc(N=Cc2ccc(C=Nc3ccccc3)o2)c1.Fc1ccc(N=Cc2ccc(C=Nc3ccccc3)o2)cc1. The van der Waals surface area contributed by atoms with Gasteiger partial charge in [0.25, 0.3) is 0 Å². The van der Waals surface area contributed by atoms with Crippen LogP contribution >= 0.6 is 23.2 Å². The van der Waals surface area contributed by atoms with Crippen molar-refractivity contribution in [1.29, 1.82) is 0 Å². The molecule has 0 unspecified atom stereocenters. The van der Waals surface area contributed by atoms with E-state index in [0.717, 1.165) is 28.4 Å². The molecule has 0 bridgehead atoms. The first kappa shape index (κ1) is 94.5. The van der Waals surface area contributed by atoms with Crippen LogP contribution in [0.2, 0.25) is 10.0 Å². The van der Waals surface area contributed by atoms with E-state index in [1.807, 2.05) is 184 Å². The predicted molar refractivity (Wildman–Crippen MR) is 505 cm³/mol. The molecular weight excluding hydrogens is 1650 g/mol. The molecule has 127 heavy (non-hydrogen) atoms. The van der Waals surface area contributed by atoms with Crippen LogP contribution in [0.25, 0.3) is 0 Å². The molecule has 15 rings (SSSR count). The minimum absolute atomic E-state index is 0.00242. The minimum Gasteiger partial charge on any atom is -0.462 e. The predicted octanol–water partition coefficient (Wildman–Crippen LogP) is 26.1. The Morgan fingerprint density at radius 2 is 0.575 bits per heavy atom. The number of Topliss-reactive ketones (excluding diaryl/α,β-unsaturated/α-hetero) is 3. The lowest BCUT2D eigenvalue weighted by molar-refractivity contribution is -0.0987. The fraction of sp³-hybridized carbons (Fsp3) is 0.0588. The van der Waals surface area contributed by atoms with Gasteiger partial charge in [-0.25, -0.2) is 9.18 Å². The largest absolute Gasteiger partial charge is 0.462 e. The zero-order chi connectivity index (χ0) is 90.3. The second kappa shape index (κ2) is 51.4. The number of rotatable bonds is 25. The molecule has 0 radical (unpaired) electrons. The zero-order valence-electron chi connectivity index (χ0n) is 69.4. The quantitative estimate of drug-likeness (QED) is 0.0293. The molecule has 0 N–H and O–H groups in total. The van der Waals surface area contributed by atoms with Crippen molar-refractivity contribution in [2.45, 2.75) is 34.6 Å². The maximum Gasteiger partial charge on any atom is 0.340 e.